The van der Waals surface area contributed by atoms with Crippen molar-refractivity contribution >= 4 is 19.8 Å². The molecule has 0 radical (unpaired) electrons. The lowest BCUT2D eigenvalue weighted by atomic mass is 10.0. The van der Waals surface area contributed by atoms with Crippen molar-refractivity contribution in [3.8, 4) is 0 Å². The van der Waals surface area contributed by atoms with Crippen LogP contribution >= 0.6 is 7.82 Å². The number of carbonyl (C=O) groups excluding carboxylic acids is 1. The number of unbranched alkanes of at least 4 members (excludes halogenated alkanes) is 31. The molecule has 0 aliphatic carbocycles. The minimum absolute atomic E-state index is 0.0250. The number of carboxylic acid groups (broad SMARTS) is 1. The highest BCUT2D eigenvalue weighted by Gasteiger charge is 2.27. The third-order valence-corrected chi connectivity index (χ3v) is 11.3. The number of aliphatic carboxylic acids is 1. The molecule has 0 heterocycles. The lowest BCUT2D eigenvalue weighted by molar-refractivity contribution is -0.154. The van der Waals surface area contributed by atoms with Gasteiger partial charge in [0.05, 0.1) is 19.8 Å². The zero-order valence-electron chi connectivity index (χ0n) is 35.8. The molecule has 0 bridgehead atoms. The highest BCUT2D eigenvalue weighted by molar-refractivity contribution is 7.47. The quantitative estimate of drug-likeness (QED) is 0.0308. The molecule has 3 unspecified atom stereocenters. The maximum Gasteiger partial charge on any atom is 0.472 e. The molecule has 0 rings (SSSR count). The predicted molar refractivity (Wildman–Crippen MR) is 226 cm³/mol. The van der Waals surface area contributed by atoms with E-state index in [0.29, 0.717) is 6.61 Å². The maximum absolute atomic E-state index is 12.6. The van der Waals surface area contributed by atoms with E-state index in [9.17, 15) is 19.0 Å². The monoisotopic (exact) mass is 806 g/mol. The molecule has 10 nitrogen and oxygen atoms in total. The Bertz CT molecular complexity index is 893. The van der Waals surface area contributed by atoms with Gasteiger partial charge in [0.1, 0.15) is 12.1 Å². The summed E-state index contributed by atoms with van der Waals surface area (Å²) in [4.78, 5) is 33.5. The average Bonchev–Trinajstić information content (AvgIpc) is 3.16. The number of esters is 1. The van der Waals surface area contributed by atoms with Crippen molar-refractivity contribution in [3.05, 3.63) is 0 Å². The van der Waals surface area contributed by atoms with Crippen LogP contribution in [0.2, 0.25) is 0 Å². The van der Waals surface area contributed by atoms with Crippen molar-refractivity contribution < 1.29 is 42.7 Å². The van der Waals surface area contributed by atoms with Crippen molar-refractivity contribution in [1.82, 2.24) is 0 Å². The Labute approximate surface area is 338 Å². The smallest absolute Gasteiger partial charge is 0.472 e. The van der Waals surface area contributed by atoms with Crippen LogP contribution in [-0.4, -0.2) is 60.5 Å². The van der Waals surface area contributed by atoms with Gasteiger partial charge < -0.3 is 25.2 Å². The zero-order chi connectivity index (χ0) is 40.5. The normalized spacial score (nSPS) is 13.8. The van der Waals surface area contributed by atoms with Crippen LogP contribution in [0.15, 0.2) is 0 Å². The summed E-state index contributed by atoms with van der Waals surface area (Å²) in [5.41, 5.74) is 5.35. The van der Waals surface area contributed by atoms with Gasteiger partial charge in [0.25, 0.3) is 0 Å². The van der Waals surface area contributed by atoms with E-state index in [4.69, 9.17) is 29.4 Å². The number of hydrogen-bond acceptors (Lipinski definition) is 8. The summed E-state index contributed by atoms with van der Waals surface area (Å²) < 4.78 is 33.3. The molecular weight excluding hydrogens is 717 g/mol. The first-order valence-electron chi connectivity index (χ1n) is 23.1. The van der Waals surface area contributed by atoms with Gasteiger partial charge in [-0.25, -0.2) is 4.57 Å². The summed E-state index contributed by atoms with van der Waals surface area (Å²) >= 11 is 0. The van der Waals surface area contributed by atoms with E-state index < -0.39 is 45.1 Å². The first kappa shape index (κ1) is 54.0. The molecule has 0 aromatic carbocycles. The molecule has 0 aliphatic rings. The number of carboxylic acids is 1. The minimum Gasteiger partial charge on any atom is -0.480 e. The van der Waals surface area contributed by atoms with E-state index in [0.717, 1.165) is 38.5 Å². The molecule has 11 heteroatoms. The molecule has 0 spiro atoms. The summed E-state index contributed by atoms with van der Waals surface area (Å²) in [5.74, 6) is -1.76. The summed E-state index contributed by atoms with van der Waals surface area (Å²) in [6.07, 6.45) is 41.7. The van der Waals surface area contributed by atoms with Gasteiger partial charge in [-0.3, -0.25) is 18.6 Å². The SMILES string of the molecule is CCCCCCCCCCCCCCCCCCCCCCCCCC(=O)OC(COCCCCCCCCCCCC)COP(=O)(O)OCC(N)C(=O)O. The zero-order valence-corrected chi connectivity index (χ0v) is 36.7. The second-order valence-corrected chi connectivity index (χ2v) is 17.4. The third-order valence-electron chi connectivity index (χ3n) is 10.4. The van der Waals surface area contributed by atoms with Crippen molar-refractivity contribution in [2.24, 2.45) is 5.73 Å². The van der Waals surface area contributed by atoms with Gasteiger partial charge in [0.15, 0.2) is 0 Å². The summed E-state index contributed by atoms with van der Waals surface area (Å²) in [6, 6.07) is -1.47. The summed E-state index contributed by atoms with van der Waals surface area (Å²) in [5, 5.41) is 8.89. The highest BCUT2D eigenvalue weighted by Crippen LogP contribution is 2.43. The predicted octanol–water partition coefficient (Wildman–Crippen LogP) is 12.8. The van der Waals surface area contributed by atoms with Gasteiger partial charge in [0.2, 0.25) is 0 Å². The highest BCUT2D eigenvalue weighted by atomic mass is 31.2. The molecule has 0 saturated carbocycles. The van der Waals surface area contributed by atoms with E-state index in [1.54, 1.807) is 0 Å². The number of ether oxygens (including phenoxy) is 2. The number of phosphoric acid groups is 1. The van der Waals surface area contributed by atoms with Crippen LogP contribution in [0.3, 0.4) is 0 Å². The van der Waals surface area contributed by atoms with E-state index in [-0.39, 0.29) is 13.0 Å². The van der Waals surface area contributed by atoms with Crippen molar-refractivity contribution in [2.75, 3.05) is 26.4 Å². The van der Waals surface area contributed by atoms with Crippen LogP contribution in [0.1, 0.15) is 232 Å². The van der Waals surface area contributed by atoms with Crippen LogP contribution in [0.5, 0.6) is 0 Å². The van der Waals surface area contributed by atoms with Crippen molar-refractivity contribution in [1.29, 1.82) is 0 Å². The number of rotatable bonds is 45. The second kappa shape index (κ2) is 41.1. The minimum atomic E-state index is -4.60. The maximum atomic E-state index is 12.6. The molecule has 0 aliphatic heterocycles. The van der Waals surface area contributed by atoms with Gasteiger partial charge in [-0.05, 0) is 12.8 Å². The molecule has 0 saturated heterocycles. The van der Waals surface area contributed by atoms with Gasteiger partial charge in [-0.15, -0.1) is 0 Å². The number of nitrogens with two attached hydrogens (primary N) is 1. The van der Waals surface area contributed by atoms with Crippen LogP contribution < -0.4 is 5.73 Å². The number of phosphoric ester groups is 1. The molecule has 0 aromatic rings. The lowest BCUT2D eigenvalue weighted by Gasteiger charge is -2.20. The average molecular weight is 806 g/mol. The molecule has 3 atom stereocenters. The molecule has 0 aromatic heterocycles. The van der Waals surface area contributed by atoms with Crippen molar-refractivity contribution in [3.63, 3.8) is 0 Å². The van der Waals surface area contributed by atoms with Gasteiger partial charge in [-0.1, -0.05) is 213 Å². The lowest BCUT2D eigenvalue weighted by Crippen LogP contribution is -2.34. The van der Waals surface area contributed by atoms with E-state index >= 15 is 0 Å². The third kappa shape index (κ3) is 40.9. The fourth-order valence-electron chi connectivity index (χ4n) is 6.78. The molecule has 4 N–H and O–H groups in total. The summed E-state index contributed by atoms with van der Waals surface area (Å²) in [6.45, 7) is 3.92. The Morgan fingerprint density at radius 1 is 0.509 bits per heavy atom. The molecule has 0 fully saturated rings. The Morgan fingerprint density at radius 2 is 0.836 bits per heavy atom. The van der Waals surface area contributed by atoms with E-state index in [1.807, 2.05) is 0 Å². The Morgan fingerprint density at radius 3 is 1.20 bits per heavy atom. The first-order valence-corrected chi connectivity index (χ1v) is 24.6. The van der Waals surface area contributed by atoms with Gasteiger partial charge in [0, 0.05) is 13.0 Å². The largest absolute Gasteiger partial charge is 0.480 e. The molecular formula is C44H88NO9P. The molecule has 0 amide bonds. The van der Waals surface area contributed by atoms with Crippen LogP contribution in [0.25, 0.3) is 0 Å². The topological polar surface area (TPSA) is 155 Å². The van der Waals surface area contributed by atoms with Crippen LogP contribution in [0.4, 0.5) is 0 Å². The van der Waals surface area contributed by atoms with Crippen molar-refractivity contribution in [2.45, 2.75) is 244 Å². The van der Waals surface area contributed by atoms with Crippen LogP contribution in [0, 0.1) is 0 Å². The second-order valence-electron chi connectivity index (χ2n) is 15.9. The number of hydrogen-bond donors (Lipinski definition) is 3. The Kier molecular flexibility index (Phi) is 40.4. The van der Waals surface area contributed by atoms with Gasteiger partial charge >= 0.3 is 19.8 Å². The number of carbonyl (C=O) groups is 2. The van der Waals surface area contributed by atoms with E-state index in [1.165, 1.54) is 173 Å². The molecule has 55 heavy (non-hydrogen) atoms. The standard InChI is InChI=1S/C44H88NO9P/c1-3-5-7-9-11-13-15-16-17-18-19-20-21-22-23-24-25-26-27-28-30-32-34-36-43(46)54-41(39-52-55(49,50)53-40-42(45)44(47)48)38-51-37-35-33-31-29-14-12-10-8-6-4-2/h41-42H,3-40,45H2,1-2H3,(H,47,48)(H,49,50). The first-order chi connectivity index (χ1) is 26.7. The molecule has 328 valence electrons. The Balaban J connectivity index is 4.03. The summed E-state index contributed by atoms with van der Waals surface area (Å²) in [7, 11) is -4.60. The fraction of sp³-hybridized carbons (Fsp3) is 0.955. The van der Waals surface area contributed by atoms with E-state index in [2.05, 4.69) is 13.8 Å². The van der Waals surface area contributed by atoms with Crippen LogP contribution in [-0.2, 0) is 32.7 Å². The van der Waals surface area contributed by atoms with Gasteiger partial charge in [-0.2, -0.15) is 0 Å². The fourth-order valence-corrected chi connectivity index (χ4v) is 7.56. The Hall–Kier alpha value is -1.03.